The largest absolute Gasteiger partial charge is 0.264 e. The molecule has 56 valence electrons. The van der Waals surface area contributed by atoms with Crippen molar-refractivity contribution >= 4 is 11.9 Å². The Morgan fingerprint density at radius 3 is 2.11 bits per heavy atom. The molecule has 2 heteroatoms. The first-order valence-electron chi connectivity index (χ1n) is 3.51. The van der Waals surface area contributed by atoms with E-state index in [0.29, 0.717) is 5.25 Å². The highest BCUT2D eigenvalue weighted by Crippen LogP contribution is 2.03. The third kappa shape index (κ3) is 8.31. The van der Waals surface area contributed by atoms with Crippen LogP contribution < -0.4 is 4.72 Å². The summed E-state index contributed by atoms with van der Waals surface area (Å²) in [5.41, 5.74) is 0. The SMILES string of the molecule is CC(C)CNSC(C)C. The summed E-state index contributed by atoms with van der Waals surface area (Å²) in [4.78, 5) is 0. The van der Waals surface area contributed by atoms with Crippen LogP contribution in [-0.2, 0) is 0 Å². The summed E-state index contributed by atoms with van der Waals surface area (Å²) in [5.74, 6) is 0.760. The number of nitrogens with one attached hydrogen (secondary N) is 1. The smallest absolute Gasteiger partial charge is 0.0136 e. The molecule has 0 atom stereocenters. The molecule has 0 aromatic rings. The molecule has 0 bridgehead atoms. The highest BCUT2D eigenvalue weighted by Gasteiger charge is 1.94. The Morgan fingerprint density at radius 2 is 1.78 bits per heavy atom. The van der Waals surface area contributed by atoms with Gasteiger partial charge < -0.3 is 0 Å². The van der Waals surface area contributed by atoms with Crippen molar-refractivity contribution in [3.63, 3.8) is 0 Å². The molecule has 1 nitrogen and oxygen atoms in total. The van der Waals surface area contributed by atoms with Crippen molar-refractivity contribution in [2.45, 2.75) is 32.9 Å². The first-order valence-corrected chi connectivity index (χ1v) is 4.39. The van der Waals surface area contributed by atoms with Crippen LogP contribution in [0.3, 0.4) is 0 Å². The average molecular weight is 147 g/mol. The Kier molecular flexibility index (Phi) is 5.30. The van der Waals surface area contributed by atoms with E-state index in [1.807, 2.05) is 11.9 Å². The van der Waals surface area contributed by atoms with Crippen molar-refractivity contribution in [2.24, 2.45) is 5.92 Å². The second-order valence-corrected chi connectivity index (χ2v) is 4.38. The van der Waals surface area contributed by atoms with Crippen LogP contribution in [-0.4, -0.2) is 11.8 Å². The molecular formula is C7H17NS. The van der Waals surface area contributed by atoms with Gasteiger partial charge in [-0.2, -0.15) is 0 Å². The van der Waals surface area contributed by atoms with Crippen LogP contribution in [0.25, 0.3) is 0 Å². The van der Waals surface area contributed by atoms with Crippen LogP contribution in [0.1, 0.15) is 27.7 Å². The highest BCUT2D eigenvalue weighted by atomic mass is 32.2. The lowest BCUT2D eigenvalue weighted by molar-refractivity contribution is 0.639. The zero-order valence-corrected chi connectivity index (χ0v) is 7.59. The maximum atomic E-state index is 3.30. The second kappa shape index (κ2) is 5.12. The molecule has 0 aliphatic heterocycles. The molecule has 0 aliphatic carbocycles. The van der Waals surface area contributed by atoms with Crippen molar-refractivity contribution < 1.29 is 0 Å². The normalized spacial score (nSPS) is 11.3. The topological polar surface area (TPSA) is 12.0 Å². The molecule has 0 spiro atoms. The molecule has 9 heavy (non-hydrogen) atoms. The standard InChI is InChI=1S/C7H17NS/c1-6(2)5-8-9-7(3)4/h6-8H,5H2,1-4H3. The van der Waals surface area contributed by atoms with Crippen molar-refractivity contribution in [1.82, 2.24) is 4.72 Å². The Morgan fingerprint density at radius 1 is 1.22 bits per heavy atom. The van der Waals surface area contributed by atoms with E-state index in [-0.39, 0.29) is 0 Å². The van der Waals surface area contributed by atoms with Crippen LogP contribution >= 0.6 is 11.9 Å². The number of rotatable bonds is 4. The predicted octanol–water partition coefficient (Wildman–Crippen LogP) is 2.29. The molecule has 0 aliphatic rings. The van der Waals surface area contributed by atoms with Gasteiger partial charge in [-0.05, 0) is 5.92 Å². The van der Waals surface area contributed by atoms with Gasteiger partial charge in [-0.3, -0.25) is 4.72 Å². The molecule has 0 rings (SSSR count). The zero-order valence-electron chi connectivity index (χ0n) is 6.77. The quantitative estimate of drug-likeness (QED) is 0.612. The summed E-state index contributed by atoms with van der Waals surface area (Å²) >= 11 is 1.81. The van der Waals surface area contributed by atoms with E-state index < -0.39 is 0 Å². The molecule has 0 amide bonds. The van der Waals surface area contributed by atoms with Crippen molar-refractivity contribution in [3.05, 3.63) is 0 Å². The van der Waals surface area contributed by atoms with Gasteiger partial charge in [0.25, 0.3) is 0 Å². The van der Waals surface area contributed by atoms with Gasteiger partial charge in [0, 0.05) is 11.8 Å². The van der Waals surface area contributed by atoms with Crippen molar-refractivity contribution in [3.8, 4) is 0 Å². The molecule has 0 aromatic heterocycles. The maximum Gasteiger partial charge on any atom is 0.0136 e. The summed E-state index contributed by atoms with van der Waals surface area (Å²) < 4.78 is 3.30. The van der Waals surface area contributed by atoms with E-state index in [0.717, 1.165) is 12.5 Å². The fraction of sp³-hybridized carbons (Fsp3) is 1.00. The van der Waals surface area contributed by atoms with Crippen LogP contribution in [0.15, 0.2) is 0 Å². The van der Waals surface area contributed by atoms with Gasteiger partial charge in [0.15, 0.2) is 0 Å². The molecule has 0 unspecified atom stereocenters. The summed E-state index contributed by atoms with van der Waals surface area (Å²) in [5, 5.41) is 0.698. The van der Waals surface area contributed by atoms with Crippen molar-refractivity contribution in [2.75, 3.05) is 6.54 Å². The fourth-order valence-corrected chi connectivity index (χ4v) is 1.14. The zero-order chi connectivity index (χ0) is 7.28. The van der Waals surface area contributed by atoms with Gasteiger partial charge in [-0.1, -0.05) is 39.6 Å². The van der Waals surface area contributed by atoms with Gasteiger partial charge in [-0.25, -0.2) is 0 Å². The lowest BCUT2D eigenvalue weighted by Crippen LogP contribution is -2.13. The lowest BCUT2D eigenvalue weighted by Gasteiger charge is -2.07. The average Bonchev–Trinajstić information content (AvgIpc) is 1.63. The van der Waals surface area contributed by atoms with Crippen molar-refractivity contribution in [1.29, 1.82) is 0 Å². The highest BCUT2D eigenvalue weighted by molar-refractivity contribution is 7.97. The van der Waals surface area contributed by atoms with Gasteiger partial charge in [0.05, 0.1) is 0 Å². The minimum Gasteiger partial charge on any atom is -0.264 e. The monoisotopic (exact) mass is 147 g/mol. The van der Waals surface area contributed by atoms with Crippen LogP contribution in [0.5, 0.6) is 0 Å². The van der Waals surface area contributed by atoms with E-state index in [9.17, 15) is 0 Å². The van der Waals surface area contributed by atoms with Crippen LogP contribution in [0.2, 0.25) is 0 Å². The molecule has 0 aromatic carbocycles. The third-order valence-electron chi connectivity index (χ3n) is 0.811. The minimum absolute atomic E-state index is 0.698. The van der Waals surface area contributed by atoms with E-state index >= 15 is 0 Å². The fourth-order valence-electron chi connectivity index (χ4n) is 0.381. The lowest BCUT2D eigenvalue weighted by atomic mass is 10.2. The van der Waals surface area contributed by atoms with Crippen LogP contribution in [0, 0.1) is 5.92 Å². The summed E-state index contributed by atoms with van der Waals surface area (Å²) in [7, 11) is 0. The first-order chi connectivity index (χ1) is 4.13. The molecule has 0 fully saturated rings. The Labute approximate surface area is 62.7 Å². The second-order valence-electron chi connectivity index (χ2n) is 2.91. The Bertz CT molecular complexity index is 53.9. The van der Waals surface area contributed by atoms with E-state index in [4.69, 9.17) is 0 Å². The minimum atomic E-state index is 0.698. The molecule has 0 heterocycles. The number of hydrogen-bond donors (Lipinski definition) is 1. The van der Waals surface area contributed by atoms with Gasteiger partial charge in [-0.15, -0.1) is 0 Å². The van der Waals surface area contributed by atoms with Gasteiger partial charge >= 0.3 is 0 Å². The molecule has 0 radical (unpaired) electrons. The molecular weight excluding hydrogens is 130 g/mol. The van der Waals surface area contributed by atoms with E-state index in [1.54, 1.807) is 0 Å². The summed E-state index contributed by atoms with van der Waals surface area (Å²) in [6.45, 7) is 9.93. The Balaban J connectivity index is 2.91. The van der Waals surface area contributed by atoms with E-state index in [1.165, 1.54) is 0 Å². The molecule has 1 N–H and O–H groups in total. The Hall–Kier alpha value is 0.310. The predicted molar refractivity (Wildman–Crippen MR) is 45.6 cm³/mol. The summed E-state index contributed by atoms with van der Waals surface area (Å²) in [6, 6.07) is 0. The van der Waals surface area contributed by atoms with Gasteiger partial charge in [0.1, 0.15) is 0 Å². The van der Waals surface area contributed by atoms with Crippen LogP contribution in [0.4, 0.5) is 0 Å². The molecule has 0 saturated heterocycles. The number of hydrogen-bond acceptors (Lipinski definition) is 2. The van der Waals surface area contributed by atoms with E-state index in [2.05, 4.69) is 32.4 Å². The first kappa shape index (κ1) is 9.31. The third-order valence-corrected chi connectivity index (χ3v) is 1.62. The van der Waals surface area contributed by atoms with Gasteiger partial charge in [0.2, 0.25) is 0 Å². The summed E-state index contributed by atoms with van der Waals surface area (Å²) in [6.07, 6.45) is 0. The maximum absolute atomic E-state index is 3.30. The molecule has 0 saturated carbocycles.